The zero-order valence-electron chi connectivity index (χ0n) is 22.8. The number of carbonyl (C=O) groups is 2. The molecule has 0 aliphatic carbocycles. The minimum absolute atomic E-state index is 0.172. The number of hydrogen-bond acceptors (Lipinski definition) is 8. The molecule has 1 aliphatic heterocycles. The van der Waals surface area contributed by atoms with E-state index in [1.165, 1.54) is 11.6 Å². The van der Waals surface area contributed by atoms with Crippen LogP contribution in [0, 0.1) is 18.3 Å². The number of imidazole rings is 1. The van der Waals surface area contributed by atoms with Gasteiger partial charge in [0.15, 0.2) is 17.3 Å². The molecule has 206 valence electrons. The Labute approximate surface area is 239 Å². The van der Waals surface area contributed by atoms with Crippen LogP contribution in [0.15, 0.2) is 41.1 Å². The Hall–Kier alpha value is -4.24. The van der Waals surface area contributed by atoms with E-state index in [-0.39, 0.29) is 23.7 Å². The largest absolute Gasteiger partial charge is 0.487 e. The van der Waals surface area contributed by atoms with Gasteiger partial charge in [-0.1, -0.05) is 0 Å². The lowest BCUT2D eigenvalue weighted by molar-refractivity contribution is 0.0275. The Kier molecular flexibility index (Phi) is 7.10. The molecule has 1 aliphatic rings. The van der Waals surface area contributed by atoms with Crippen molar-refractivity contribution < 1.29 is 19.1 Å². The minimum Gasteiger partial charge on any atom is -0.487 e. The van der Waals surface area contributed by atoms with Gasteiger partial charge in [-0.3, -0.25) is 9.36 Å². The zero-order chi connectivity index (χ0) is 28.8. The van der Waals surface area contributed by atoms with Crippen LogP contribution in [0.3, 0.4) is 0 Å². The standard InChI is InChI=1S/C28H28BrN7O4/c1-16-10-18(13-30)33-36(16)26-20(17(2)37)6-7-25(32-26)35-15-31-22-11-21(29)24(12-23(22)35)39-19-8-9-34(14-19)27(38)40-28(3,4)5/h6-7,10-12,15,19H,8-9,14H2,1-5H3/t19-/m0/s1. The number of halogens is 1. The lowest BCUT2D eigenvalue weighted by Crippen LogP contribution is -2.36. The number of aromatic nitrogens is 5. The van der Waals surface area contributed by atoms with Crippen molar-refractivity contribution in [1.29, 1.82) is 5.26 Å². The number of pyridine rings is 1. The number of benzene rings is 1. The van der Waals surface area contributed by atoms with Gasteiger partial charge >= 0.3 is 6.09 Å². The molecule has 4 aromatic rings. The first-order valence-corrected chi connectivity index (χ1v) is 13.5. The Morgan fingerprint density at radius 1 is 1.20 bits per heavy atom. The number of Topliss-reactive ketones (excluding diaryl/α,β-unsaturated/α-hetero) is 1. The van der Waals surface area contributed by atoms with Crippen molar-refractivity contribution in [2.45, 2.75) is 52.7 Å². The number of rotatable bonds is 5. The van der Waals surface area contributed by atoms with Crippen LogP contribution in [-0.4, -0.2) is 65.9 Å². The Bertz CT molecular complexity index is 1680. The molecule has 5 rings (SSSR count). The molecule has 40 heavy (non-hydrogen) atoms. The second-order valence-corrected chi connectivity index (χ2v) is 11.5. The molecule has 4 heterocycles. The van der Waals surface area contributed by atoms with Gasteiger partial charge in [-0.2, -0.15) is 10.4 Å². The summed E-state index contributed by atoms with van der Waals surface area (Å²) in [7, 11) is 0. The summed E-state index contributed by atoms with van der Waals surface area (Å²) in [4.78, 5) is 35.8. The molecule has 12 heteroatoms. The highest BCUT2D eigenvalue weighted by molar-refractivity contribution is 9.10. The van der Waals surface area contributed by atoms with Gasteiger partial charge in [0.05, 0.1) is 27.6 Å². The van der Waals surface area contributed by atoms with Crippen molar-refractivity contribution in [1.82, 2.24) is 29.2 Å². The molecule has 1 saturated heterocycles. The summed E-state index contributed by atoms with van der Waals surface area (Å²) >= 11 is 3.59. The average Bonchev–Trinajstić information content (AvgIpc) is 3.61. The van der Waals surface area contributed by atoms with E-state index in [4.69, 9.17) is 14.5 Å². The summed E-state index contributed by atoms with van der Waals surface area (Å²) in [6.07, 6.45) is 1.77. The molecule has 0 spiro atoms. The molecule has 0 bridgehead atoms. The minimum atomic E-state index is -0.562. The number of ether oxygens (including phenoxy) is 2. The molecule has 1 fully saturated rings. The van der Waals surface area contributed by atoms with Gasteiger partial charge in [-0.25, -0.2) is 19.4 Å². The van der Waals surface area contributed by atoms with Crippen LogP contribution in [0.2, 0.25) is 0 Å². The van der Waals surface area contributed by atoms with E-state index in [2.05, 4.69) is 26.0 Å². The Balaban J connectivity index is 1.47. The maximum atomic E-state index is 12.5. The second kappa shape index (κ2) is 10.4. The lowest BCUT2D eigenvalue weighted by atomic mass is 10.2. The van der Waals surface area contributed by atoms with Crippen molar-refractivity contribution in [2.24, 2.45) is 0 Å². The number of aryl methyl sites for hydroxylation is 1. The van der Waals surface area contributed by atoms with E-state index in [1.807, 2.05) is 39.0 Å². The van der Waals surface area contributed by atoms with E-state index in [9.17, 15) is 14.9 Å². The lowest BCUT2D eigenvalue weighted by Gasteiger charge is -2.24. The van der Waals surface area contributed by atoms with Crippen molar-refractivity contribution in [3.05, 3.63) is 58.1 Å². The van der Waals surface area contributed by atoms with E-state index < -0.39 is 5.60 Å². The first-order valence-electron chi connectivity index (χ1n) is 12.7. The van der Waals surface area contributed by atoms with Crippen LogP contribution < -0.4 is 4.74 Å². The topological polar surface area (TPSA) is 128 Å². The molecule has 0 radical (unpaired) electrons. The van der Waals surface area contributed by atoms with Gasteiger partial charge in [0.1, 0.15) is 35.7 Å². The highest BCUT2D eigenvalue weighted by Gasteiger charge is 2.31. The van der Waals surface area contributed by atoms with Crippen LogP contribution in [0.1, 0.15) is 55.9 Å². The van der Waals surface area contributed by atoms with E-state index >= 15 is 0 Å². The maximum Gasteiger partial charge on any atom is 0.410 e. The summed E-state index contributed by atoms with van der Waals surface area (Å²) in [6.45, 7) is 9.76. The normalized spacial score (nSPS) is 15.3. The van der Waals surface area contributed by atoms with E-state index in [0.29, 0.717) is 53.7 Å². The van der Waals surface area contributed by atoms with Crippen molar-refractivity contribution in [3.63, 3.8) is 0 Å². The van der Waals surface area contributed by atoms with Crippen molar-refractivity contribution >= 4 is 38.8 Å². The van der Waals surface area contributed by atoms with Crippen LogP contribution in [0.25, 0.3) is 22.7 Å². The molecule has 1 amide bonds. The molecule has 0 saturated carbocycles. The van der Waals surface area contributed by atoms with Gasteiger partial charge in [0, 0.05) is 24.7 Å². The van der Waals surface area contributed by atoms with Crippen molar-refractivity contribution in [2.75, 3.05) is 13.1 Å². The molecule has 1 aromatic carbocycles. The first-order chi connectivity index (χ1) is 18.9. The third-order valence-corrected chi connectivity index (χ3v) is 7.00. The summed E-state index contributed by atoms with van der Waals surface area (Å²) in [5.41, 5.74) is 2.18. The fourth-order valence-electron chi connectivity index (χ4n) is 4.53. The van der Waals surface area contributed by atoms with Gasteiger partial charge in [-0.15, -0.1) is 0 Å². The third kappa shape index (κ3) is 5.42. The zero-order valence-corrected chi connectivity index (χ0v) is 24.4. The van der Waals surface area contributed by atoms with Crippen LogP contribution in [-0.2, 0) is 4.74 Å². The van der Waals surface area contributed by atoms with Crippen LogP contribution in [0.4, 0.5) is 4.79 Å². The third-order valence-electron chi connectivity index (χ3n) is 6.38. The molecule has 0 unspecified atom stereocenters. The maximum absolute atomic E-state index is 12.5. The summed E-state index contributed by atoms with van der Waals surface area (Å²) in [5, 5.41) is 13.6. The van der Waals surface area contributed by atoms with E-state index in [1.54, 1.807) is 40.9 Å². The fourth-order valence-corrected chi connectivity index (χ4v) is 4.96. The number of ketones is 1. The first kappa shape index (κ1) is 27.3. The number of carbonyl (C=O) groups excluding carboxylic acids is 2. The summed E-state index contributed by atoms with van der Waals surface area (Å²) in [5.74, 6) is 1.27. The fraction of sp³-hybridized carbons (Fsp3) is 0.357. The molecular weight excluding hydrogens is 578 g/mol. The highest BCUT2D eigenvalue weighted by atomic mass is 79.9. The average molecular weight is 606 g/mol. The van der Waals surface area contributed by atoms with Crippen LogP contribution in [0.5, 0.6) is 5.75 Å². The van der Waals surface area contributed by atoms with Gasteiger partial charge < -0.3 is 14.4 Å². The predicted octanol–water partition coefficient (Wildman–Crippen LogP) is 5.14. The number of nitriles is 1. The quantitative estimate of drug-likeness (QED) is 0.286. The number of amides is 1. The van der Waals surface area contributed by atoms with E-state index in [0.717, 1.165) is 9.99 Å². The number of fused-ring (bicyclic) bond motifs is 1. The number of hydrogen-bond donors (Lipinski definition) is 0. The Morgan fingerprint density at radius 2 is 1.98 bits per heavy atom. The van der Waals surface area contributed by atoms with Gasteiger partial charge in [0.25, 0.3) is 0 Å². The van der Waals surface area contributed by atoms with Gasteiger partial charge in [0.2, 0.25) is 0 Å². The number of nitrogens with zero attached hydrogens (tertiary/aromatic N) is 7. The van der Waals surface area contributed by atoms with Crippen molar-refractivity contribution in [3.8, 4) is 23.5 Å². The number of likely N-dealkylation sites (tertiary alicyclic amines) is 1. The molecule has 0 N–H and O–H groups in total. The Morgan fingerprint density at radius 3 is 2.65 bits per heavy atom. The smallest absolute Gasteiger partial charge is 0.410 e. The molecule has 11 nitrogen and oxygen atoms in total. The van der Waals surface area contributed by atoms with Crippen LogP contribution >= 0.6 is 15.9 Å². The van der Waals surface area contributed by atoms with Gasteiger partial charge in [-0.05, 0) is 74.8 Å². The monoisotopic (exact) mass is 605 g/mol. The molecular formula is C28H28BrN7O4. The SMILES string of the molecule is CC(=O)c1ccc(-n2cnc3cc(Br)c(O[C@H]4CCN(C(=O)OC(C)(C)C)C4)cc32)nc1-n1nc(C#N)cc1C. The summed E-state index contributed by atoms with van der Waals surface area (Å²) in [6, 6.07) is 10.8. The highest BCUT2D eigenvalue weighted by Crippen LogP contribution is 2.33. The summed E-state index contributed by atoms with van der Waals surface area (Å²) < 4.78 is 15.8. The predicted molar refractivity (Wildman–Crippen MR) is 150 cm³/mol. The molecule has 1 atom stereocenters. The molecule has 3 aromatic heterocycles. The second-order valence-electron chi connectivity index (χ2n) is 10.6.